The van der Waals surface area contributed by atoms with Crippen LogP contribution in [0.15, 0.2) is 6.33 Å². The molecular formula is C12H19N5O3. The molecule has 0 aromatic carbocycles. The van der Waals surface area contributed by atoms with E-state index in [4.69, 9.17) is 0 Å². The van der Waals surface area contributed by atoms with Crippen LogP contribution in [0, 0.1) is 5.41 Å². The van der Waals surface area contributed by atoms with Crippen molar-refractivity contribution < 1.29 is 14.7 Å². The van der Waals surface area contributed by atoms with Crippen molar-refractivity contribution >= 4 is 12.0 Å². The number of carbonyl (C=O) groups excluding carboxylic acids is 1. The molecule has 8 nitrogen and oxygen atoms in total. The second-order valence-corrected chi connectivity index (χ2v) is 5.41. The van der Waals surface area contributed by atoms with Gasteiger partial charge in [0.05, 0.1) is 12.0 Å². The van der Waals surface area contributed by atoms with Crippen molar-refractivity contribution in [2.24, 2.45) is 5.41 Å². The lowest BCUT2D eigenvalue weighted by Gasteiger charge is -2.29. The average Bonchev–Trinajstić information content (AvgIpc) is 3.01. The summed E-state index contributed by atoms with van der Waals surface area (Å²) in [4.78, 5) is 28.8. The van der Waals surface area contributed by atoms with Gasteiger partial charge in [-0.05, 0) is 19.8 Å². The molecule has 2 unspecified atom stereocenters. The first-order valence-corrected chi connectivity index (χ1v) is 6.53. The molecule has 1 saturated carbocycles. The zero-order chi connectivity index (χ0) is 14.8. The van der Waals surface area contributed by atoms with Gasteiger partial charge in [0, 0.05) is 13.1 Å². The van der Waals surface area contributed by atoms with Crippen molar-refractivity contribution in [3.63, 3.8) is 0 Å². The second-order valence-electron chi connectivity index (χ2n) is 5.41. The molecule has 1 heterocycles. The molecule has 1 aliphatic rings. The summed E-state index contributed by atoms with van der Waals surface area (Å²) in [6.45, 7) is 1.98. The summed E-state index contributed by atoms with van der Waals surface area (Å²) in [5, 5.41) is 18.5. The van der Waals surface area contributed by atoms with Crippen molar-refractivity contribution in [2.75, 3.05) is 7.05 Å². The Hall–Kier alpha value is -2.12. The van der Waals surface area contributed by atoms with Crippen LogP contribution in [0.4, 0.5) is 4.79 Å². The minimum atomic E-state index is -0.886. The van der Waals surface area contributed by atoms with Crippen molar-refractivity contribution in [1.82, 2.24) is 25.4 Å². The highest BCUT2D eigenvalue weighted by Crippen LogP contribution is 2.38. The topological polar surface area (TPSA) is 111 Å². The molecule has 2 amide bonds. The van der Waals surface area contributed by atoms with Crippen LogP contribution in [0.5, 0.6) is 0 Å². The highest BCUT2D eigenvalue weighted by Gasteiger charge is 2.46. The van der Waals surface area contributed by atoms with Crippen molar-refractivity contribution in [3.8, 4) is 0 Å². The van der Waals surface area contributed by atoms with Crippen molar-refractivity contribution in [2.45, 2.75) is 38.8 Å². The van der Waals surface area contributed by atoms with Crippen molar-refractivity contribution in [3.05, 3.63) is 12.2 Å². The second kappa shape index (κ2) is 5.48. The molecule has 0 spiro atoms. The van der Waals surface area contributed by atoms with Gasteiger partial charge in [-0.15, -0.1) is 0 Å². The molecule has 0 aliphatic heterocycles. The summed E-state index contributed by atoms with van der Waals surface area (Å²) >= 11 is 0. The molecular weight excluding hydrogens is 262 g/mol. The van der Waals surface area contributed by atoms with E-state index >= 15 is 0 Å². The number of carbonyl (C=O) groups is 2. The lowest BCUT2D eigenvalue weighted by Crippen LogP contribution is -2.50. The monoisotopic (exact) mass is 281 g/mol. The van der Waals surface area contributed by atoms with E-state index < -0.39 is 11.4 Å². The van der Waals surface area contributed by atoms with Crippen LogP contribution < -0.4 is 5.32 Å². The van der Waals surface area contributed by atoms with Crippen LogP contribution in [0.3, 0.4) is 0 Å². The maximum atomic E-state index is 12.1. The quantitative estimate of drug-likeness (QED) is 0.748. The number of rotatable bonds is 4. The Morgan fingerprint density at radius 3 is 3.00 bits per heavy atom. The first kappa shape index (κ1) is 14.3. The Morgan fingerprint density at radius 1 is 1.65 bits per heavy atom. The van der Waals surface area contributed by atoms with Crippen LogP contribution in [0.2, 0.25) is 0 Å². The summed E-state index contributed by atoms with van der Waals surface area (Å²) in [5.74, 6) is -0.284. The Bertz CT molecular complexity index is 489. The SMILES string of the molecule is CN(Cc1ncn[nH]1)C(=O)NC1CCCC1(C)C(=O)O. The van der Waals surface area contributed by atoms with Crippen LogP contribution in [0.25, 0.3) is 0 Å². The number of hydrogen-bond donors (Lipinski definition) is 3. The summed E-state index contributed by atoms with van der Waals surface area (Å²) < 4.78 is 0. The number of H-pyrrole nitrogens is 1. The molecule has 3 N–H and O–H groups in total. The third-order valence-electron chi connectivity index (χ3n) is 3.94. The van der Waals surface area contributed by atoms with Gasteiger partial charge in [0.1, 0.15) is 12.2 Å². The highest BCUT2D eigenvalue weighted by molar-refractivity contribution is 5.79. The number of carboxylic acids is 1. The molecule has 0 bridgehead atoms. The number of aromatic nitrogens is 3. The molecule has 0 radical (unpaired) electrons. The molecule has 8 heteroatoms. The van der Waals surface area contributed by atoms with E-state index in [1.54, 1.807) is 14.0 Å². The molecule has 2 atom stereocenters. The molecule has 20 heavy (non-hydrogen) atoms. The number of carboxylic acid groups (broad SMARTS) is 1. The highest BCUT2D eigenvalue weighted by atomic mass is 16.4. The summed E-state index contributed by atoms with van der Waals surface area (Å²) in [5.41, 5.74) is -0.886. The maximum Gasteiger partial charge on any atom is 0.317 e. The van der Waals surface area contributed by atoms with Crippen LogP contribution >= 0.6 is 0 Å². The number of aromatic amines is 1. The fourth-order valence-corrected chi connectivity index (χ4v) is 2.52. The lowest BCUT2D eigenvalue weighted by molar-refractivity contribution is -0.148. The summed E-state index contributed by atoms with van der Waals surface area (Å²) in [6.07, 6.45) is 3.45. The van der Waals surface area contributed by atoms with Gasteiger partial charge in [-0.1, -0.05) is 6.42 Å². The van der Waals surface area contributed by atoms with E-state index in [1.165, 1.54) is 11.2 Å². The fraction of sp³-hybridized carbons (Fsp3) is 0.667. The Morgan fingerprint density at radius 2 is 2.40 bits per heavy atom. The smallest absolute Gasteiger partial charge is 0.317 e. The Kier molecular flexibility index (Phi) is 3.91. The standard InChI is InChI=1S/C12H19N5O3/c1-12(10(18)19)5-3-4-8(12)15-11(20)17(2)6-9-13-7-14-16-9/h7-8H,3-6H2,1-2H3,(H,15,20)(H,18,19)(H,13,14,16). The minimum absolute atomic E-state index is 0.294. The largest absolute Gasteiger partial charge is 0.481 e. The lowest BCUT2D eigenvalue weighted by atomic mass is 9.85. The minimum Gasteiger partial charge on any atom is -0.481 e. The number of amides is 2. The Balaban J connectivity index is 1.95. The fourth-order valence-electron chi connectivity index (χ4n) is 2.52. The zero-order valence-electron chi connectivity index (χ0n) is 11.6. The predicted octanol–water partition coefficient (Wildman–Crippen LogP) is 0.589. The molecule has 1 aromatic rings. The number of urea groups is 1. The van der Waals surface area contributed by atoms with Gasteiger partial charge >= 0.3 is 12.0 Å². The summed E-state index contributed by atoms with van der Waals surface area (Å²) in [6, 6.07) is -0.648. The average molecular weight is 281 g/mol. The number of nitrogens with one attached hydrogen (secondary N) is 2. The predicted molar refractivity (Wildman–Crippen MR) is 69.8 cm³/mol. The number of hydrogen-bond acceptors (Lipinski definition) is 4. The van der Waals surface area contributed by atoms with Crippen LogP contribution in [-0.2, 0) is 11.3 Å². The van der Waals surface area contributed by atoms with Gasteiger partial charge < -0.3 is 15.3 Å². The number of aliphatic carboxylic acids is 1. The van der Waals surface area contributed by atoms with E-state index in [9.17, 15) is 14.7 Å². The van der Waals surface area contributed by atoms with Gasteiger partial charge in [-0.2, -0.15) is 5.10 Å². The van der Waals surface area contributed by atoms with Crippen LogP contribution in [-0.4, -0.2) is 50.3 Å². The first-order valence-electron chi connectivity index (χ1n) is 6.53. The molecule has 110 valence electrons. The van der Waals surface area contributed by atoms with Crippen molar-refractivity contribution in [1.29, 1.82) is 0 Å². The van der Waals surface area contributed by atoms with E-state index in [0.29, 0.717) is 25.2 Å². The van der Waals surface area contributed by atoms with Gasteiger partial charge in [0.15, 0.2) is 0 Å². The molecule has 1 aromatic heterocycles. The molecule has 1 aliphatic carbocycles. The van der Waals surface area contributed by atoms with E-state index in [0.717, 1.165) is 6.42 Å². The van der Waals surface area contributed by atoms with E-state index in [1.807, 2.05) is 0 Å². The molecule has 0 saturated heterocycles. The third-order valence-corrected chi connectivity index (χ3v) is 3.94. The van der Waals surface area contributed by atoms with Crippen LogP contribution in [0.1, 0.15) is 32.0 Å². The molecule has 2 rings (SSSR count). The first-order chi connectivity index (χ1) is 9.43. The van der Waals surface area contributed by atoms with E-state index in [-0.39, 0.29) is 12.1 Å². The summed E-state index contributed by atoms with van der Waals surface area (Å²) in [7, 11) is 1.63. The van der Waals surface area contributed by atoms with Gasteiger partial charge in [0.25, 0.3) is 0 Å². The zero-order valence-corrected chi connectivity index (χ0v) is 11.6. The third kappa shape index (κ3) is 2.73. The normalized spacial score (nSPS) is 25.4. The number of nitrogens with zero attached hydrogens (tertiary/aromatic N) is 3. The van der Waals surface area contributed by atoms with E-state index in [2.05, 4.69) is 20.5 Å². The molecule has 1 fully saturated rings. The maximum absolute atomic E-state index is 12.1. The van der Waals surface area contributed by atoms with Gasteiger partial charge in [-0.25, -0.2) is 9.78 Å². The Labute approximate surface area is 116 Å². The van der Waals surface area contributed by atoms with Gasteiger partial charge in [0.2, 0.25) is 0 Å². The van der Waals surface area contributed by atoms with Gasteiger partial charge in [-0.3, -0.25) is 9.89 Å².